The second-order valence-corrected chi connectivity index (χ2v) is 6.13. The van der Waals surface area contributed by atoms with Crippen molar-refractivity contribution in [3.05, 3.63) is 29.3 Å². The van der Waals surface area contributed by atoms with Gasteiger partial charge in [-0.05, 0) is 51.9 Å². The number of aryl methyl sites for hydroxylation is 2. The van der Waals surface area contributed by atoms with Crippen LogP contribution in [0.5, 0.6) is 0 Å². The zero-order valence-corrected chi connectivity index (χ0v) is 12.6. The standard InChI is InChI=1S/C16H24N2O/c1-11-6-7-12(2)14(8-11)18-15(19)9-13(10-17-5)16(18,3)4/h6-8,13,17H,9-10H2,1-5H3. The van der Waals surface area contributed by atoms with Gasteiger partial charge >= 0.3 is 0 Å². The lowest BCUT2D eigenvalue weighted by Crippen LogP contribution is -2.46. The van der Waals surface area contributed by atoms with E-state index in [2.05, 4.69) is 51.2 Å². The predicted octanol–water partition coefficient (Wildman–Crippen LogP) is 2.65. The number of hydrogen-bond acceptors (Lipinski definition) is 2. The summed E-state index contributed by atoms with van der Waals surface area (Å²) in [5, 5.41) is 3.20. The van der Waals surface area contributed by atoms with Crippen molar-refractivity contribution in [1.29, 1.82) is 0 Å². The van der Waals surface area contributed by atoms with Gasteiger partial charge in [0.25, 0.3) is 0 Å². The highest BCUT2D eigenvalue weighted by atomic mass is 16.2. The second-order valence-electron chi connectivity index (χ2n) is 6.13. The number of hydrogen-bond donors (Lipinski definition) is 1. The number of amides is 1. The molecule has 0 bridgehead atoms. The lowest BCUT2D eigenvalue weighted by atomic mass is 9.88. The highest BCUT2D eigenvalue weighted by molar-refractivity contribution is 5.98. The molecule has 104 valence electrons. The van der Waals surface area contributed by atoms with Crippen molar-refractivity contribution in [2.24, 2.45) is 5.92 Å². The lowest BCUT2D eigenvalue weighted by Gasteiger charge is -2.37. The smallest absolute Gasteiger partial charge is 0.227 e. The minimum absolute atomic E-state index is 0.140. The Balaban J connectivity index is 2.43. The molecule has 1 amide bonds. The Morgan fingerprint density at radius 1 is 1.37 bits per heavy atom. The van der Waals surface area contributed by atoms with E-state index in [1.165, 1.54) is 5.56 Å². The summed E-state index contributed by atoms with van der Waals surface area (Å²) in [5.74, 6) is 0.587. The fourth-order valence-corrected chi connectivity index (χ4v) is 3.03. The van der Waals surface area contributed by atoms with Crippen molar-refractivity contribution in [3.8, 4) is 0 Å². The van der Waals surface area contributed by atoms with Crippen molar-refractivity contribution < 1.29 is 4.79 Å². The first-order valence-corrected chi connectivity index (χ1v) is 6.93. The van der Waals surface area contributed by atoms with Crippen molar-refractivity contribution in [3.63, 3.8) is 0 Å². The molecule has 0 radical (unpaired) electrons. The molecule has 1 aromatic rings. The first-order valence-electron chi connectivity index (χ1n) is 6.93. The summed E-state index contributed by atoms with van der Waals surface area (Å²) in [4.78, 5) is 14.4. The molecular weight excluding hydrogens is 236 g/mol. The number of carbonyl (C=O) groups is 1. The molecule has 1 aliphatic rings. The molecule has 1 fully saturated rings. The summed E-state index contributed by atoms with van der Waals surface area (Å²) >= 11 is 0. The molecule has 0 spiro atoms. The van der Waals surface area contributed by atoms with Gasteiger partial charge in [0.15, 0.2) is 0 Å². The predicted molar refractivity (Wildman–Crippen MR) is 79.5 cm³/mol. The molecule has 1 aliphatic heterocycles. The van der Waals surface area contributed by atoms with E-state index in [1.807, 2.05) is 11.9 Å². The van der Waals surface area contributed by atoms with Crippen LogP contribution in [0.15, 0.2) is 18.2 Å². The van der Waals surface area contributed by atoms with Crippen LogP contribution in [0, 0.1) is 19.8 Å². The Kier molecular flexibility index (Phi) is 3.68. The summed E-state index contributed by atoms with van der Waals surface area (Å²) in [7, 11) is 1.95. The van der Waals surface area contributed by atoms with E-state index in [0.717, 1.165) is 17.8 Å². The van der Waals surface area contributed by atoms with Gasteiger partial charge in [-0.1, -0.05) is 12.1 Å². The van der Waals surface area contributed by atoms with Crippen molar-refractivity contribution in [2.75, 3.05) is 18.5 Å². The van der Waals surface area contributed by atoms with E-state index in [1.54, 1.807) is 0 Å². The van der Waals surface area contributed by atoms with E-state index in [0.29, 0.717) is 12.3 Å². The molecule has 0 saturated carbocycles. The molecule has 3 nitrogen and oxygen atoms in total. The van der Waals surface area contributed by atoms with Crippen LogP contribution >= 0.6 is 0 Å². The van der Waals surface area contributed by atoms with Crippen molar-refractivity contribution in [1.82, 2.24) is 5.32 Å². The van der Waals surface area contributed by atoms with Gasteiger partial charge in [-0.3, -0.25) is 4.79 Å². The molecule has 19 heavy (non-hydrogen) atoms. The fraction of sp³-hybridized carbons (Fsp3) is 0.562. The molecule has 1 heterocycles. The Hall–Kier alpha value is -1.35. The Bertz CT molecular complexity index is 494. The van der Waals surface area contributed by atoms with E-state index in [-0.39, 0.29) is 11.4 Å². The number of nitrogens with one attached hydrogen (secondary N) is 1. The molecule has 1 N–H and O–H groups in total. The maximum Gasteiger partial charge on any atom is 0.227 e. The second kappa shape index (κ2) is 4.97. The van der Waals surface area contributed by atoms with Crippen LogP contribution in [-0.2, 0) is 4.79 Å². The Labute approximate surface area is 116 Å². The summed E-state index contributed by atoms with van der Waals surface area (Å²) in [5.41, 5.74) is 3.28. The van der Waals surface area contributed by atoms with Gasteiger partial charge in [0.2, 0.25) is 5.91 Å². The molecule has 2 rings (SSSR count). The topological polar surface area (TPSA) is 32.3 Å². The average Bonchev–Trinajstić information content (AvgIpc) is 2.54. The molecule has 1 atom stereocenters. The largest absolute Gasteiger partial charge is 0.319 e. The van der Waals surface area contributed by atoms with Crippen LogP contribution in [0.3, 0.4) is 0 Å². The van der Waals surface area contributed by atoms with Gasteiger partial charge < -0.3 is 10.2 Å². The van der Waals surface area contributed by atoms with Gasteiger partial charge in [-0.2, -0.15) is 0 Å². The minimum Gasteiger partial charge on any atom is -0.319 e. The molecule has 0 aliphatic carbocycles. The van der Waals surface area contributed by atoms with Gasteiger partial charge in [0.1, 0.15) is 0 Å². The summed E-state index contributed by atoms with van der Waals surface area (Å²) in [6, 6.07) is 6.31. The third kappa shape index (κ3) is 2.39. The molecule has 0 aromatic heterocycles. The first kappa shape index (κ1) is 14.1. The summed E-state index contributed by atoms with van der Waals surface area (Å²) < 4.78 is 0. The lowest BCUT2D eigenvalue weighted by molar-refractivity contribution is -0.117. The van der Waals surface area contributed by atoms with Crippen LogP contribution in [0.4, 0.5) is 5.69 Å². The third-order valence-electron chi connectivity index (χ3n) is 4.30. The quantitative estimate of drug-likeness (QED) is 0.906. The average molecular weight is 260 g/mol. The van der Waals surface area contributed by atoms with E-state index < -0.39 is 0 Å². The number of benzene rings is 1. The Morgan fingerprint density at radius 2 is 2.05 bits per heavy atom. The van der Waals surface area contributed by atoms with Crippen LogP contribution in [0.2, 0.25) is 0 Å². The fourth-order valence-electron chi connectivity index (χ4n) is 3.03. The zero-order chi connectivity index (χ0) is 14.2. The van der Waals surface area contributed by atoms with E-state index in [9.17, 15) is 4.79 Å². The van der Waals surface area contributed by atoms with Crippen LogP contribution in [-0.4, -0.2) is 25.0 Å². The maximum absolute atomic E-state index is 12.4. The van der Waals surface area contributed by atoms with Gasteiger partial charge in [-0.15, -0.1) is 0 Å². The summed E-state index contributed by atoms with van der Waals surface area (Å²) in [6.45, 7) is 9.36. The normalized spacial score (nSPS) is 22.1. The Morgan fingerprint density at radius 3 is 2.68 bits per heavy atom. The first-order chi connectivity index (χ1) is 8.87. The monoisotopic (exact) mass is 260 g/mol. The SMILES string of the molecule is CNCC1CC(=O)N(c2cc(C)ccc2C)C1(C)C. The van der Waals surface area contributed by atoms with Crippen LogP contribution < -0.4 is 10.2 Å². The van der Waals surface area contributed by atoms with Gasteiger partial charge in [-0.25, -0.2) is 0 Å². The van der Waals surface area contributed by atoms with Crippen molar-refractivity contribution >= 4 is 11.6 Å². The number of anilines is 1. The third-order valence-corrected chi connectivity index (χ3v) is 4.30. The van der Waals surface area contributed by atoms with Gasteiger partial charge in [0.05, 0.1) is 0 Å². The molecule has 1 unspecified atom stereocenters. The highest BCUT2D eigenvalue weighted by Gasteiger charge is 2.46. The summed E-state index contributed by atoms with van der Waals surface area (Å²) in [6.07, 6.45) is 0.626. The van der Waals surface area contributed by atoms with Crippen LogP contribution in [0.1, 0.15) is 31.4 Å². The molecule has 1 aromatic carbocycles. The molecule has 3 heteroatoms. The molecular formula is C16H24N2O. The molecule has 1 saturated heterocycles. The zero-order valence-electron chi connectivity index (χ0n) is 12.6. The van der Waals surface area contributed by atoms with E-state index in [4.69, 9.17) is 0 Å². The van der Waals surface area contributed by atoms with E-state index >= 15 is 0 Å². The van der Waals surface area contributed by atoms with Crippen molar-refractivity contribution in [2.45, 2.75) is 39.7 Å². The number of rotatable bonds is 3. The number of nitrogens with zero attached hydrogens (tertiary/aromatic N) is 1. The number of carbonyl (C=O) groups excluding carboxylic acids is 1. The van der Waals surface area contributed by atoms with Crippen LogP contribution in [0.25, 0.3) is 0 Å². The van der Waals surface area contributed by atoms with Gasteiger partial charge in [0, 0.05) is 30.1 Å². The minimum atomic E-state index is -0.140. The highest BCUT2D eigenvalue weighted by Crippen LogP contribution is 2.40. The maximum atomic E-state index is 12.4.